The molecule has 0 unspecified atom stereocenters. The first-order valence-electron chi connectivity index (χ1n) is 8.66. The van der Waals surface area contributed by atoms with Gasteiger partial charge in [0.25, 0.3) is 0 Å². The molecule has 0 aromatic rings. The van der Waals surface area contributed by atoms with Crippen LogP contribution >= 0.6 is 0 Å². The molecule has 116 valence electrons. The van der Waals surface area contributed by atoms with Gasteiger partial charge in [-0.05, 0) is 12.8 Å². The van der Waals surface area contributed by atoms with E-state index in [9.17, 15) is 0 Å². The fraction of sp³-hybridized carbons (Fsp3) is 1.00. The summed E-state index contributed by atoms with van der Waals surface area (Å²) < 4.78 is 0. The van der Waals surface area contributed by atoms with Crippen LogP contribution in [0.4, 0.5) is 0 Å². The fourth-order valence-corrected chi connectivity index (χ4v) is 2.18. The molecule has 2 nitrogen and oxygen atoms in total. The van der Waals surface area contributed by atoms with E-state index in [0.717, 1.165) is 26.1 Å². The first-order chi connectivity index (χ1) is 9.41. The Bertz CT molecular complexity index is 132. The van der Waals surface area contributed by atoms with Crippen molar-refractivity contribution in [3.63, 3.8) is 0 Å². The average molecular weight is 272 g/mol. The van der Waals surface area contributed by atoms with Crippen molar-refractivity contribution in [2.24, 2.45) is 0 Å². The molecular formula is C17H36O2. The zero-order chi connectivity index (χ0) is 14.0. The maximum Gasteiger partial charge on any atom is 0.0822 e. The molecule has 0 atom stereocenters. The van der Waals surface area contributed by atoms with Gasteiger partial charge in [0.1, 0.15) is 0 Å². The molecule has 0 N–H and O–H groups in total. The molecule has 0 aromatic heterocycles. The van der Waals surface area contributed by atoms with Crippen molar-refractivity contribution in [1.82, 2.24) is 0 Å². The molecule has 0 rings (SSSR count). The van der Waals surface area contributed by atoms with Crippen molar-refractivity contribution in [3.8, 4) is 0 Å². The van der Waals surface area contributed by atoms with Crippen LogP contribution in [0.25, 0.3) is 0 Å². The highest BCUT2D eigenvalue weighted by molar-refractivity contribution is 4.45. The average Bonchev–Trinajstić information content (AvgIpc) is 2.43. The Kier molecular flexibility index (Phi) is 17.8. The van der Waals surface area contributed by atoms with Gasteiger partial charge in [0.05, 0.1) is 13.2 Å². The van der Waals surface area contributed by atoms with Gasteiger partial charge in [-0.1, -0.05) is 84.5 Å². The van der Waals surface area contributed by atoms with Gasteiger partial charge in [0.2, 0.25) is 0 Å². The molecule has 0 saturated heterocycles. The van der Waals surface area contributed by atoms with Gasteiger partial charge in [0, 0.05) is 0 Å². The Morgan fingerprint density at radius 3 is 1.11 bits per heavy atom. The number of unbranched alkanes of at least 4 members (excludes halogenated alkanes) is 11. The second-order valence-electron chi connectivity index (χ2n) is 5.53. The van der Waals surface area contributed by atoms with Crippen molar-refractivity contribution in [2.75, 3.05) is 13.2 Å². The first-order valence-corrected chi connectivity index (χ1v) is 8.66. The normalized spacial score (nSPS) is 11.1. The van der Waals surface area contributed by atoms with Crippen LogP contribution in [0, 0.1) is 0 Å². The minimum Gasteiger partial charge on any atom is -0.237 e. The summed E-state index contributed by atoms with van der Waals surface area (Å²) in [5, 5.41) is 0. The Hall–Kier alpha value is -0.0800. The van der Waals surface area contributed by atoms with E-state index in [-0.39, 0.29) is 0 Å². The van der Waals surface area contributed by atoms with E-state index >= 15 is 0 Å². The molecule has 0 radical (unpaired) electrons. The summed E-state index contributed by atoms with van der Waals surface area (Å²) in [5.41, 5.74) is 0. The smallest absolute Gasteiger partial charge is 0.0822 e. The third-order valence-corrected chi connectivity index (χ3v) is 3.50. The van der Waals surface area contributed by atoms with E-state index in [1.54, 1.807) is 0 Å². The Morgan fingerprint density at radius 2 is 0.737 bits per heavy atom. The summed E-state index contributed by atoms with van der Waals surface area (Å²) in [4.78, 5) is 10.4. The van der Waals surface area contributed by atoms with Gasteiger partial charge in [-0.25, -0.2) is 9.78 Å². The lowest BCUT2D eigenvalue weighted by molar-refractivity contribution is -0.295. The standard InChI is InChI=1S/C17H36O2/c1-3-5-7-9-10-11-13-15-17-19-18-16-14-12-8-6-4-2/h3-17H2,1-2H3. The molecule has 0 aromatic carbocycles. The molecule has 0 aliphatic rings. The third kappa shape index (κ3) is 17.9. The van der Waals surface area contributed by atoms with Crippen LogP contribution in [0.2, 0.25) is 0 Å². The monoisotopic (exact) mass is 272 g/mol. The Labute approximate surface area is 121 Å². The molecule has 19 heavy (non-hydrogen) atoms. The van der Waals surface area contributed by atoms with E-state index in [0.29, 0.717) is 0 Å². The first kappa shape index (κ1) is 18.9. The highest BCUT2D eigenvalue weighted by Crippen LogP contribution is 2.08. The summed E-state index contributed by atoms with van der Waals surface area (Å²) in [6.07, 6.45) is 17.1. The van der Waals surface area contributed by atoms with E-state index in [4.69, 9.17) is 9.78 Å². The third-order valence-electron chi connectivity index (χ3n) is 3.50. The zero-order valence-electron chi connectivity index (χ0n) is 13.4. The quantitative estimate of drug-likeness (QED) is 0.193. The Balaban J connectivity index is 2.88. The predicted octanol–water partition coefficient (Wildman–Crippen LogP) is 6.05. The molecule has 0 heterocycles. The van der Waals surface area contributed by atoms with E-state index in [2.05, 4.69) is 13.8 Å². The lowest BCUT2D eigenvalue weighted by Gasteiger charge is -2.04. The highest BCUT2D eigenvalue weighted by atomic mass is 17.2. The lowest BCUT2D eigenvalue weighted by Crippen LogP contribution is -1.99. The van der Waals surface area contributed by atoms with Gasteiger partial charge in [-0.2, -0.15) is 0 Å². The van der Waals surface area contributed by atoms with Crippen molar-refractivity contribution in [1.29, 1.82) is 0 Å². The van der Waals surface area contributed by atoms with E-state index < -0.39 is 0 Å². The summed E-state index contributed by atoms with van der Waals surface area (Å²) in [5.74, 6) is 0. The topological polar surface area (TPSA) is 18.5 Å². The number of hydrogen-bond donors (Lipinski definition) is 0. The van der Waals surface area contributed by atoms with Crippen LogP contribution in [0.1, 0.15) is 97.3 Å². The highest BCUT2D eigenvalue weighted by Gasteiger charge is 1.94. The van der Waals surface area contributed by atoms with Crippen LogP contribution in [0.3, 0.4) is 0 Å². The van der Waals surface area contributed by atoms with Gasteiger partial charge in [-0.3, -0.25) is 0 Å². The molecule has 0 fully saturated rings. The van der Waals surface area contributed by atoms with Crippen molar-refractivity contribution >= 4 is 0 Å². The summed E-state index contributed by atoms with van der Waals surface area (Å²) >= 11 is 0. The maximum atomic E-state index is 5.19. The predicted molar refractivity (Wildman–Crippen MR) is 83.3 cm³/mol. The Morgan fingerprint density at radius 1 is 0.421 bits per heavy atom. The minimum absolute atomic E-state index is 0.765. The van der Waals surface area contributed by atoms with Gasteiger partial charge >= 0.3 is 0 Å². The molecule has 2 heteroatoms. The summed E-state index contributed by atoms with van der Waals surface area (Å²) in [6, 6.07) is 0. The number of hydrogen-bond acceptors (Lipinski definition) is 2. The van der Waals surface area contributed by atoms with E-state index in [1.807, 2.05) is 0 Å². The fourth-order valence-electron chi connectivity index (χ4n) is 2.18. The van der Waals surface area contributed by atoms with Crippen LogP contribution in [-0.4, -0.2) is 13.2 Å². The zero-order valence-corrected chi connectivity index (χ0v) is 13.4. The van der Waals surface area contributed by atoms with Crippen LogP contribution in [0.15, 0.2) is 0 Å². The van der Waals surface area contributed by atoms with E-state index in [1.165, 1.54) is 70.6 Å². The van der Waals surface area contributed by atoms with Crippen LogP contribution in [0.5, 0.6) is 0 Å². The van der Waals surface area contributed by atoms with Crippen LogP contribution < -0.4 is 0 Å². The minimum atomic E-state index is 0.765. The lowest BCUT2D eigenvalue weighted by atomic mass is 10.1. The van der Waals surface area contributed by atoms with Gasteiger partial charge in [0.15, 0.2) is 0 Å². The second kappa shape index (κ2) is 17.9. The maximum absolute atomic E-state index is 5.19. The van der Waals surface area contributed by atoms with Gasteiger partial charge < -0.3 is 0 Å². The molecule has 0 amide bonds. The van der Waals surface area contributed by atoms with Crippen molar-refractivity contribution < 1.29 is 9.78 Å². The van der Waals surface area contributed by atoms with Gasteiger partial charge in [-0.15, -0.1) is 0 Å². The van der Waals surface area contributed by atoms with Crippen LogP contribution in [-0.2, 0) is 9.78 Å². The summed E-state index contributed by atoms with van der Waals surface area (Å²) in [7, 11) is 0. The summed E-state index contributed by atoms with van der Waals surface area (Å²) in [6.45, 7) is 6.04. The molecule has 0 aliphatic heterocycles. The molecule has 0 aliphatic carbocycles. The second-order valence-corrected chi connectivity index (χ2v) is 5.53. The largest absolute Gasteiger partial charge is 0.237 e. The SMILES string of the molecule is CCCCCCCCCCOOCCCCCCC. The molecule has 0 spiro atoms. The molecular weight excluding hydrogens is 236 g/mol. The number of rotatable bonds is 16. The van der Waals surface area contributed by atoms with Crippen molar-refractivity contribution in [3.05, 3.63) is 0 Å². The molecule has 0 bridgehead atoms. The molecule has 0 saturated carbocycles. The van der Waals surface area contributed by atoms with Crippen molar-refractivity contribution in [2.45, 2.75) is 97.3 Å².